The highest BCUT2D eigenvalue weighted by atomic mass is 32.2. The lowest BCUT2D eigenvalue weighted by atomic mass is 10.1. The van der Waals surface area contributed by atoms with Gasteiger partial charge in [-0.05, 0) is 63.4 Å². The zero-order valence-electron chi connectivity index (χ0n) is 19.0. The van der Waals surface area contributed by atoms with Gasteiger partial charge in [-0.15, -0.1) is 0 Å². The molecule has 1 aromatic heterocycles. The molecule has 0 atom stereocenters. The van der Waals surface area contributed by atoms with E-state index in [4.69, 9.17) is 0 Å². The third-order valence-electron chi connectivity index (χ3n) is 5.78. The van der Waals surface area contributed by atoms with Gasteiger partial charge in [-0.3, -0.25) is 4.79 Å². The monoisotopic (exact) mass is 469 g/mol. The lowest BCUT2D eigenvalue weighted by Crippen LogP contribution is -2.33. The Bertz CT molecular complexity index is 1250. The van der Waals surface area contributed by atoms with Crippen molar-refractivity contribution in [1.29, 1.82) is 0 Å². The number of halogens is 1. The average Bonchev–Trinajstić information content (AvgIpc) is 3.51. The van der Waals surface area contributed by atoms with Crippen LogP contribution in [0.5, 0.6) is 0 Å². The van der Waals surface area contributed by atoms with Gasteiger partial charge in [0.25, 0.3) is 5.91 Å². The number of carbonyl (C=O) groups excluding carboxylic acids is 1. The van der Waals surface area contributed by atoms with Crippen LogP contribution in [0.1, 0.15) is 59.9 Å². The Morgan fingerprint density at radius 2 is 1.76 bits per heavy atom. The smallest absolute Gasteiger partial charge is 0.254 e. The van der Waals surface area contributed by atoms with Crippen LogP contribution in [-0.4, -0.2) is 34.8 Å². The number of benzene rings is 2. The quantitative estimate of drug-likeness (QED) is 0.480. The summed E-state index contributed by atoms with van der Waals surface area (Å²) in [5.41, 5.74) is 2.87. The van der Waals surface area contributed by atoms with Crippen molar-refractivity contribution in [2.75, 3.05) is 0 Å². The van der Waals surface area contributed by atoms with E-state index in [1.165, 1.54) is 24.3 Å². The molecule has 0 saturated heterocycles. The molecular weight excluding hydrogens is 441 g/mol. The highest BCUT2D eigenvalue weighted by Gasteiger charge is 2.35. The van der Waals surface area contributed by atoms with Gasteiger partial charge < -0.3 is 9.47 Å². The minimum Gasteiger partial charge on any atom is -0.330 e. The number of amides is 1. The van der Waals surface area contributed by atoms with E-state index in [-0.39, 0.29) is 35.4 Å². The van der Waals surface area contributed by atoms with E-state index in [1.54, 1.807) is 10.8 Å². The topological polar surface area (TPSA) is 72.3 Å². The van der Waals surface area contributed by atoms with Crippen LogP contribution in [0.15, 0.2) is 59.9 Å². The molecule has 0 aliphatic heterocycles. The minimum atomic E-state index is -3.77. The van der Waals surface area contributed by atoms with Gasteiger partial charge in [0.2, 0.25) is 15.0 Å². The molecule has 1 fully saturated rings. The van der Waals surface area contributed by atoms with E-state index in [2.05, 4.69) is 4.98 Å². The van der Waals surface area contributed by atoms with Crippen LogP contribution in [0.2, 0.25) is 0 Å². The molecular formula is C25H28FN3O3S. The predicted molar refractivity (Wildman–Crippen MR) is 124 cm³/mol. The second-order valence-electron chi connectivity index (χ2n) is 8.91. The highest BCUT2D eigenvalue weighted by molar-refractivity contribution is 7.90. The first kappa shape index (κ1) is 23.2. The largest absolute Gasteiger partial charge is 0.330 e. The summed E-state index contributed by atoms with van der Waals surface area (Å²) in [7, 11) is -3.77. The summed E-state index contributed by atoms with van der Waals surface area (Å²) in [6.45, 7) is 6.05. The molecule has 6 nitrogen and oxygen atoms in total. The lowest BCUT2D eigenvalue weighted by Gasteiger charge is -2.24. The van der Waals surface area contributed by atoms with Crippen LogP contribution in [0.25, 0.3) is 0 Å². The first-order chi connectivity index (χ1) is 15.7. The van der Waals surface area contributed by atoms with E-state index in [1.807, 2.05) is 49.9 Å². The normalized spacial score (nSPS) is 14.0. The first-order valence-corrected chi connectivity index (χ1v) is 12.7. The second kappa shape index (κ2) is 9.09. The maximum atomic E-state index is 13.2. The fourth-order valence-corrected chi connectivity index (χ4v) is 5.53. The van der Waals surface area contributed by atoms with Crippen molar-refractivity contribution >= 4 is 15.7 Å². The van der Waals surface area contributed by atoms with Crippen molar-refractivity contribution < 1.29 is 17.6 Å². The fraction of sp³-hybridized carbons (Fsp3) is 0.360. The molecule has 1 aliphatic carbocycles. The third-order valence-corrected chi connectivity index (χ3v) is 7.36. The van der Waals surface area contributed by atoms with Crippen LogP contribution >= 0.6 is 0 Å². The van der Waals surface area contributed by atoms with Gasteiger partial charge in [0, 0.05) is 17.6 Å². The standard InChI is InChI=1S/C25H28FN3O3S/c1-17(2)29-23(14-27-25(29)33(31,32)16-19-6-10-21(26)11-7-19)15-28(22-12-13-22)24(30)20-8-4-18(3)5-9-20/h4-11,14,17,22H,12-13,15-16H2,1-3H3. The van der Waals surface area contributed by atoms with Crippen LogP contribution in [0.4, 0.5) is 4.39 Å². The fourth-order valence-electron chi connectivity index (χ4n) is 3.93. The third kappa shape index (κ3) is 5.16. The Labute approximate surface area is 194 Å². The molecule has 1 aliphatic rings. The zero-order valence-corrected chi connectivity index (χ0v) is 19.8. The molecule has 0 spiro atoms. The van der Waals surface area contributed by atoms with Crippen molar-refractivity contribution in [1.82, 2.24) is 14.5 Å². The molecule has 8 heteroatoms. The lowest BCUT2D eigenvalue weighted by molar-refractivity contribution is 0.0725. The van der Waals surface area contributed by atoms with E-state index in [9.17, 15) is 17.6 Å². The summed E-state index contributed by atoms with van der Waals surface area (Å²) < 4.78 is 41.3. The molecule has 3 aromatic rings. The van der Waals surface area contributed by atoms with Gasteiger partial charge in [0.1, 0.15) is 5.82 Å². The number of imidazole rings is 1. The van der Waals surface area contributed by atoms with Crippen LogP contribution in [0.3, 0.4) is 0 Å². The molecule has 0 N–H and O–H groups in total. The Hall–Kier alpha value is -3.00. The average molecular weight is 470 g/mol. The van der Waals surface area contributed by atoms with Gasteiger partial charge in [-0.2, -0.15) is 0 Å². The number of hydrogen-bond donors (Lipinski definition) is 0. The molecule has 2 aromatic carbocycles. The molecule has 1 saturated carbocycles. The summed E-state index contributed by atoms with van der Waals surface area (Å²) in [6.07, 6.45) is 3.42. The van der Waals surface area contributed by atoms with E-state index in [0.29, 0.717) is 16.8 Å². The van der Waals surface area contributed by atoms with E-state index < -0.39 is 15.7 Å². The maximum Gasteiger partial charge on any atom is 0.254 e. The van der Waals surface area contributed by atoms with Crippen molar-refractivity contribution in [2.24, 2.45) is 0 Å². The molecule has 0 radical (unpaired) electrons. The van der Waals surface area contributed by atoms with E-state index in [0.717, 1.165) is 18.4 Å². The molecule has 0 unspecified atom stereocenters. The van der Waals surface area contributed by atoms with Gasteiger partial charge in [0.15, 0.2) is 0 Å². The summed E-state index contributed by atoms with van der Waals surface area (Å²) in [4.78, 5) is 19.3. The molecule has 1 amide bonds. The van der Waals surface area contributed by atoms with Crippen LogP contribution < -0.4 is 0 Å². The van der Waals surface area contributed by atoms with Gasteiger partial charge in [-0.25, -0.2) is 17.8 Å². The van der Waals surface area contributed by atoms with Crippen molar-refractivity contribution in [3.63, 3.8) is 0 Å². The number of carbonyl (C=O) groups is 1. The molecule has 0 bridgehead atoms. The second-order valence-corrected chi connectivity index (χ2v) is 10.8. The summed E-state index contributed by atoms with van der Waals surface area (Å²) in [5.74, 6) is -0.754. The number of aromatic nitrogens is 2. The Balaban J connectivity index is 1.63. The predicted octanol–water partition coefficient (Wildman–Crippen LogP) is 4.69. The van der Waals surface area contributed by atoms with Gasteiger partial charge in [-0.1, -0.05) is 29.8 Å². The Morgan fingerprint density at radius 3 is 2.33 bits per heavy atom. The zero-order chi connectivity index (χ0) is 23.8. The summed E-state index contributed by atoms with van der Waals surface area (Å²) >= 11 is 0. The SMILES string of the molecule is Cc1ccc(C(=O)N(Cc2cnc(S(=O)(=O)Cc3ccc(F)cc3)n2C(C)C)C2CC2)cc1. The van der Waals surface area contributed by atoms with Gasteiger partial charge in [0.05, 0.1) is 24.2 Å². The van der Waals surface area contributed by atoms with Crippen LogP contribution in [0, 0.1) is 12.7 Å². The summed E-state index contributed by atoms with van der Waals surface area (Å²) in [5, 5.41) is -0.0321. The minimum absolute atomic E-state index is 0.0321. The number of hydrogen-bond acceptors (Lipinski definition) is 4. The van der Waals surface area contributed by atoms with Crippen LogP contribution in [-0.2, 0) is 22.1 Å². The van der Waals surface area contributed by atoms with Gasteiger partial charge >= 0.3 is 0 Å². The number of nitrogens with zero attached hydrogens (tertiary/aromatic N) is 3. The molecule has 1 heterocycles. The van der Waals surface area contributed by atoms with Crippen molar-refractivity contribution in [2.45, 2.75) is 63.2 Å². The Morgan fingerprint density at radius 1 is 1.12 bits per heavy atom. The maximum absolute atomic E-state index is 13.2. The molecule has 33 heavy (non-hydrogen) atoms. The Kier molecular flexibility index (Phi) is 6.38. The number of aryl methyl sites for hydroxylation is 1. The van der Waals surface area contributed by atoms with Crippen molar-refractivity contribution in [3.8, 4) is 0 Å². The number of rotatable bonds is 8. The first-order valence-electron chi connectivity index (χ1n) is 11.1. The van der Waals surface area contributed by atoms with E-state index >= 15 is 0 Å². The molecule has 4 rings (SSSR count). The molecule has 174 valence electrons. The van der Waals surface area contributed by atoms with Crippen molar-refractivity contribution in [3.05, 3.63) is 82.9 Å². The number of sulfone groups is 1. The highest BCUT2D eigenvalue weighted by Crippen LogP contribution is 2.31. The summed E-state index contributed by atoms with van der Waals surface area (Å²) in [6, 6.07) is 12.9.